The first-order valence-corrected chi connectivity index (χ1v) is 15.9. The van der Waals surface area contributed by atoms with Crippen molar-refractivity contribution in [1.82, 2.24) is 0 Å². The van der Waals surface area contributed by atoms with Crippen LogP contribution in [0.25, 0.3) is 11.1 Å². The molecular formula is C35H30FNO10S. The molecule has 4 aromatic rings. The summed E-state index contributed by atoms with van der Waals surface area (Å²) in [5.41, 5.74) is 2.52. The number of carboxylic acids is 1. The van der Waals surface area contributed by atoms with Crippen molar-refractivity contribution in [2.24, 2.45) is 0 Å². The van der Waals surface area contributed by atoms with Gasteiger partial charge in [0.25, 0.3) is 0 Å². The SMILES string of the molecule is O=C(CS[C@H]1C(=O)N(c2ccccc2)[C@@H]1c1ccc(-c2cccc(O[C@@H]3OC(C(=O)O)C(O)C(O)C3O)c2)cc1O)c1ccc(F)cc1. The van der Waals surface area contributed by atoms with E-state index in [1.54, 1.807) is 59.5 Å². The third-order valence-corrected chi connectivity index (χ3v) is 9.47. The number of carbonyl (C=O) groups is 3. The van der Waals surface area contributed by atoms with Crippen LogP contribution in [0.3, 0.4) is 0 Å². The Kier molecular flexibility index (Phi) is 9.49. The van der Waals surface area contributed by atoms with Gasteiger partial charge in [0.2, 0.25) is 12.2 Å². The number of benzene rings is 4. The van der Waals surface area contributed by atoms with Crippen LogP contribution in [0.4, 0.5) is 10.1 Å². The van der Waals surface area contributed by atoms with Gasteiger partial charge in [0.15, 0.2) is 11.9 Å². The van der Waals surface area contributed by atoms with Gasteiger partial charge in [-0.2, -0.15) is 0 Å². The van der Waals surface area contributed by atoms with Gasteiger partial charge in [-0.05, 0) is 65.7 Å². The van der Waals surface area contributed by atoms with Crippen molar-refractivity contribution in [3.63, 3.8) is 0 Å². The summed E-state index contributed by atoms with van der Waals surface area (Å²) in [6.07, 6.45) is -8.84. The summed E-state index contributed by atoms with van der Waals surface area (Å²) in [6, 6.07) is 24.9. The highest BCUT2D eigenvalue weighted by atomic mass is 32.2. The Morgan fingerprint density at radius 2 is 1.56 bits per heavy atom. The van der Waals surface area contributed by atoms with Gasteiger partial charge in [-0.1, -0.05) is 42.5 Å². The lowest BCUT2D eigenvalue weighted by atomic mass is 9.90. The van der Waals surface area contributed by atoms with Crippen molar-refractivity contribution in [3.8, 4) is 22.6 Å². The van der Waals surface area contributed by atoms with Crippen LogP contribution in [0, 0.1) is 5.82 Å². The van der Waals surface area contributed by atoms with Crippen molar-refractivity contribution in [1.29, 1.82) is 0 Å². The van der Waals surface area contributed by atoms with Gasteiger partial charge >= 0.3 is 5.97 Å². The van der Waals surface area contributed by atoms with Gasteiger partial charge in [0.05, 0.1) is 11.8 Å². The maximum absolute atomic E-state index is 13.4. The Morgan fingerprint density at radius 3 is 2.25 bits per heavy atom. The van der Waals surface area contributed by atoms with Gasteiger partial charge < -0.3 is 39.9 Å². The lowest BCUT2D eigenvalue weighted by Gasteiger charge is -2.47. The number of nitrogens with zero attached hydrogens (tertiary/aromatic N) is 1. The predicted octanol–water partition coefficient (Wildman–Crippen LogP) is 3.54. The van der Waals surface area contributed by atoms with Crippen molar-refractivity contribution >= 4 is 35.1 Å². The first-order valence-electron chi connectivity index (χ1n) is 14.8. The minimum atomic E-state index is -1.86. The van der Waals surface area contributed by atoms with Crippen molar-refractivity contribution < 1.29 is 53.8 Å². The van der Waals surface area contributed by atoms with E-state index in [1.165, 1.54) is 36.4 Å². The van der Waals surface area contributed by atoms with Crippen molar-refractivity contribution in [2.75, 3.05) is 10.7 Å². The average Bonchev–Trinajstić information content (AvgIpc) is 3.08. The third-order valence-electron chi connectivity index (χ3n) is 8.22. The lowest BCUT2D eigenvalue weighted by Crippen LogP contribution is -2.61. The molecule has 5 N–H and O–H groups in total. The molecule has 2 aliphatic rings. The molecule has 2 heterocycles. The van der Waals surface area contributed by atoms with Crippen LogP contribution >= 0.6 is 11.8 Å². The Bertz CT molecular complexity index is 1820. The standard InChI is InChI=1S/C35H30FNO10S/c36-21-12-9-18(10-13-21)26(39)17-48-32-27(37(33(32)43)22-6-2-1-3-7-22)24-14-11-20(16-25(24)38)19-5-4-8-23(15-19)46-35-30(42)28(40)29(41)31(47-35)34(44)45/h1-16,27-32,35,38,40-42H,17H2,(H,44,45)/t27-,28?,29?,30?,31?,32-,35-/m1/s1. The quantitative estimate of drug-likeness (QED) is 0.123. The van der Waals surface area contributed by atoms with E-state index in [2.05, 4.69) is 0 Å². The number of ketones is 1. The number of β-lactam (4-membered cyclic amide) rings is 1. The van der Waals surface area contributed by atoms with E-state index in [0.29, 0.717) is 27.9 Å². The average molecular weight is 676 g/mol. The molecule has 4 unspecified atom stereocenters. The lowest BCUT2D eigenvalue weighted by molar-refractivity contribution is -0.271. The minimum absolute atomic E-state index is 0.0323. The maximum Gasteiger partial charge on any atom is 0.335 e. The molecule has 0 aromatic heterocycles. The number of thioether (sulfide) groups is 1. The van der Waals surface area contributed by atoms with Gasteiger partial charge in [-0.25, -0.2) is 9.18 Å². The first kappa shape index (κ1) is 33.1. The maximum atomic E-state index is 13.4. The molecule has 48 heavy (non-hydrogen) atoms. The normalized spacial score (nSPS) is 25.3. The molecule has 2 aliphatic heterocycles. The molecule has 6 rings (SSSR count). The number of hydrogen-bond acceptors (Lipinski definition) is 10. The Morgan fingerprint density at radius 1 is 0.854 bits per heavy atom. The highest BCUT2D eigenvalue weighted by molar-refractivity contribution is 8.01. The van der Waals surface area contributed by atoms with Crippen LogP contribution in [-0.2, 0) is 14.3 Å². The second kappa shape index (κ2) is 13.7. The van der Waals surface area contributed by atoms with Crippen LogP contribution in [0.5, 0.6) is 11.5 Å². The summed E-state index contributed by atoms with van der Waals surface area (Å²) >= 11 is 1.15. The molecule has 0 radical (unpaired) electrons. The fourth-order valence-electron chi connectivity index (χ4n) is 5.69. The zero-order valence-corrected chi connectivity index (χ0v) is 25.8. The molecular weight excluding hydrogens is 645 g/mol. The fraction of sp³-hybridized carbons (Fsp3) is 0.229. The van der Waals surface area contributed by atoms with E-state index in [4.69, 9.17) is 9.47 Å². The summed E-state index contributed by atoms with van der Waals surface area (Å²) < 4.78 is 24.2. The Hall–Kier alpha value is -4.79. The number of aromatic hydroxyl groups is 1. The van der Waals surface area contributed by atoms with Crippen LogP contribution in [0.1, 0.15) is 22.0 Å². The number of amides is 1. The van der Waals surface area contributed by atoms with Gasteiger partial charge in [0, 0.05) is 16.8 Å². The van der Waals surface area contributed by atoms with Crippen LogP contribution in [-0.4, -0.2) is 84.9 Å². The molecule has 248 valence electrons. The number of hydrogen-bond donors (Lipinski definition) is 5. The molecule has 0 spiro atoms. The van der Waals surface area contributed by atoms with Crippen LogP contribution in [0.15, 0.2) is 97.1 Å². The second-order valence-electron chi connectivity index (χ2n) is 11.3. The largest absolute Gasteiger partial charge is 0.508 e. The van der Waals surface area contributed by atoms with E-state index >= 15 is 0 Å². The van der Waals surface area contributed by atoms with Crippen molar-refractivity contribution in [2.45, 2.75) is 42.0 Å². The number of anilines is 1. The van der Waals surface area contributed by atoms with E-state index < -0.39 is 53.8 Å². The number of ether oxygens (including phenoxy) is 2. The molecule has 7 atom stereocenters. The number of aliphatic carboxylic acids is 1. The highest BCUT2D eigenvalue weighted by Gasteiger charge is 2.50. The summed E-state index contributed by atoms with van der Waals surface area (Å²) in [5.74, 6) is -2.49. The molecule has 1 amide bonds. The van der Waals surface area contributed by atoms with Crippen LogP contribution < -0.4 is 9.64 Å². The number of aliphatic hydroxyl groups excluding tert-OH is 3. The first-order chi connectivity index (χ1) is 23.0. The predicted molar refractivity (Wildman–Crippen MR) is 172 cm³/mol. The monoisotopic (exact) mass is 675 g/mol. The smallest absolute Gasteiger partial charge is 0.335 e. The summed E-state index contributed by atoms with van der Waals surface area (Å²) in [5, 5.41) is 50.3. The number of aliphatic hydroxyl groups is 3. The summed E-state index contributed by atoms with van der Waals surface area (Å²) in [6.45, 7) is 0. The molecule has 0 saturated carbocycles. The molecule has 0 bridgehead atoms. The molecule has 0 aliphatic carbocycles. The third kappa shape index (κ3) is 6.50. The molecule has 2 saturated heterocycles. The Balaban J connectivity index is 1.23. The second-order valence-corrected chi connectivity index (χ2v) is 12.4. The van der Waals surface area contributed by atoms with E-state index in [1.807, 2.05) is 6.07 Å². The minimum Gasteiger partial charge on any atom is -0.508 e. The number of para-hydroxylation sites is 1. The number of phenols is 1. The number of halogens is 1. The topological polar surface area (TPSA) is 174 Å². The number of carboxylic acid groups (broad SMARTS) is 1. The van der Waals surface area contributed by atoms with E-state index in [0.717, 1.165) is 11.8 Å². The molecule has 4 aromatic carbocycles. The molecule has 2 fully saturated rings. The van der Waals surface area contributed by atoms with Gasteiger partial charge in [-0.3, -0.25) is 9.59 Å². The fourth-order valence-corrected chi connectivity index (χ4v) is 6.90. The van der Waals surface area contributed by atoms with E-state index in [-0.39, 0.29) is 28.9 Å². The molecule has 11 nitrogen and oxygen atoms in total. The Labute approximate surface area is 277 Å². The van der Waals surface area contributed by atoms with E-state index in [9.17, 15) is 44.3 Å². The number of phenolic OH excluding ortho intramolecular Hbond substituents is 1. The zero-order chi connectivity index (χ0) is 34.1. The number of carbonyl (C=O) groups excluding carboxylic acids is 2. The van der Waals surface area contributed by atoms with Crippen LogP contribution in [0.2, 0.25) is 0 Å². The van der Waals surface area contributed by atoms with Crippen molar-refractivity contribution in [3.05, 3.63) is 114 Å². The highest BCUT2D eigenvalue weighted by Crippen LogP contribution is 2.48. The number of rotatable bonds is 10. The van der Waals surface area contributed by atoms with Gasteiger partial charge in [-0.15, -0.1) is 11.8 Å². The number of Topliss-reactive ketones (excluding diaryl/α,β-unsaturated/α-hetero) is 1. The van der Waals surface area contributed by atoms with Gasteiger partial charge in [0.1, 0.15) is 40.9 Å². The summed E-state index contributed by atoms with van der Waals surface area (Å²) in [4.78, 5) is 39.3. The zero-order valence-electron chi connectivity index (χ0n) is 25.0. The summed E-state index contributed by atoms with van der Waals surface area (Å²) in [7, 11) is 0. The molecule has 13 heteroatoms.